The number of nitrogens with zero attached hydrogens (tertiary/aromatic N) is 3. The Bertz CT molecular complexity index is 492. The number of anilines is 1. The molecule has 2 rings (SSSR count). The van der Waals surface area contributed by atoms with Crippen molar-refractivity contribution in [1.29, 1.82) is 0 Å². The Balaban J connectivity index is 2.18. The van der Waals surface area contributed by atoms with Gasteiger partial charge in [0.05, 0.1) is 17.6 Å². The highest BCUT2D eigenvalue weighted by Crippen LogP contribution is 2.40. The van der Waals surface area contributed by atoms with E-state index in [0.29, 0.717) is 23.0 Å². The zero-order chi connectivity index (χ0) is 15.4. The summed E-state index contributed by atoms with van der Waals surface area (Å²) in [5.74, 6) is 0. The lowest BCUT2D eigenvalue weighted by Crippen LogP contribution is -2.32. The highest BCUT2D eigenvalue weighted by Gasteiger charge is 2.26. The molecule has 0 spiro atoms. The smallest absolute Gasteiger partial charge is 0.304 e. The molecule has 1 aromatic rings. The van der Waals surface area contributed by atoms with Crippen molar-refractivity contribution in [1.82, 2.24) is 4.90 Å². The standard InChI is InChI=1S/C13H21N3O4S/c1-10(18)12-9-11(16(19)20)13(21-12)15-4-2-3-14(5-6-15)7-8-17/h9-10,17-18H,2-8H2,1H3/t10-/m0/s1. The number of β-amino-alcohol motifs (C(OH)–C–C–N with tert-alkyl or cyclic N) is 1. The van der Waals surface area contributed by atoms with Gasteiger partial charge in [-0.1, -0.05) is 0 Å². The molecule has 118 valence electrons. The van der Waals surface area contributed by atoms with E-state index in [1.54, 1.807) is 6.92 Å². The van der Waals surface area contributed by atoms with Gasteiger partial charge >= 0.3 is 5.69 Å². The predicted molar refractivity (Wildman–Crippen MR) is 82.0 cm³/mol. The first-order valence-electron chi connectivity index (χ1n) is 7.07. The van der Waals surface area contributed by atoms with Crippen LogP contribution in [0.4, 0.5) is 10.7 Å². The van der Waals surface area contributed by atoms with Crippen LogP contribution in [0.5, 0.6) is 0 Å². The second-order valence-electron chi connectivity index (χ2n) is 5.18. The summed E-state index contributed by atoms with van der Waals surface area (Å²) in [7, 11) is 0. The highest BCUT2D eigenvalue weighted by molar-refractivity contribution is 7.16. The lowest BCUT2D eigenvalue weighted by Gasteiger charge is -2.21. The van der Waals surface area contributed by atoms with Gasteiger partial charge in [-0.3, -0.25) is 15.0 Å². The molecule has 8 heteroatoms. The van der Waals surface area contributed by atoms with Crippen molar-refractivity contribution in [2.45, 2.75) is 19.4 Å². The number of hydrogen-bond donors (Lipinski definition) is 2. The van der Waals surface area contributed by atoms with Gasteiger partial charge in [0.25, 0.3) is 0 Å². The Morgan fingerprint density at radius 3 is 2.81 bits per heavy atom. The lowest BCUT2D eigenvalue weighted by molar-refractivity contribution is -0.383. The van der Waals surface area contributed by atoms with Crippen molar-refractivity contribution >= 4 is 22.0 Å². The van der Waals surface area contributed by atoms with E-state index in [1.165, 1.54) is 17.4 Å². The molecule has 1 aliphatic heterocycles. The van der Waals surface area contributed by atoms with Crippen molar-refractivity contribution in [3.63, 3.8) is 0 Å². The Hall–Kier alpha value is -1.22. The molecule has 0 bridgehead atoms. The minimum atomic E-state index is -0.694. The Morgan fingerprint density at radius 1 is 1.43 bits per heavy atom. The van der Waals surface area contributed by atoms with E-state index in [9.17, 15) is 15.2 Å². The van der Waals surface area contributed by atoms with Crippen molar-refractivity contribution < 1.29 is 15.1 Å². The molecule has 0 radical (unpaired) electrons. The van der Waals surface area contributed by atoms with E-state index in [2.05, 4.69) is 4.90 Å². The largest absolute Gasteiger partial charge is 0.395 e. The fourth-order valence-corrected chi connectivity index (χ4v) is 3.61. The minimum Gasteiger partial charge on any atom is -0.395 e. The third-order valence-electron chi connectivity index (χ3n) is 3.61. The Labute approximate surface area is 127 Å². The summed E-state index contributed by atoms with van der Waals surface area (Å²) < 4.78 is 0. The van der Waals surface area contributed by atoms with E-state index in [4.69, 9.17) is 5.11 Å². The third-order valence-corrected chi connectivity index (χ3v) is 4.97. The van der Waals surface area contributed by atoms with Gasteiger partial charge in [0.15, 0.2) is 5.00 Å². The molecule has 2 N–H and O–H groups in total. The van der Waals surface area contributed by atoms with Crippen LogP contribution in [0.1, 0.15) is 24.3 Å². The molecule has 0 aliphatic carbocycles. The fourth-order valence-electron chi connectivity index (χ4n) is 2.49. The van der Waals surface area contributed by atoms with E-state index in [1.807, 2.05) is 4.90 Å². The van der Waals surface area contributed by atoms with Crippen molar-refractivity contribution in [2.24, 2.45) is 0 Å². The molecular weight excluding hydrogens is 294 g/mol. The summed E-state index contributed by atoms with van der Waals surface area (Å²) in [6, 6.07) is 1.47. The van der Waals surface area contributed by atoms with Crippen molar-refractivity contribution in [3.8, 4) is 0 Å². The molecule has 1 atom stereocenters. The minimum absolute atomic E-state index is 0.0755. The van der Waals surface area contributed by atoms with Crippen LogP contribution in [0.3, 0.4) is 0 Å². The molecule has 0 aromatic carbocycles. The monoisotopic (exact) mass is 315 g/mol. The molecule has 1 aromatic heterocycles. The molecule has 7 nitrogen and oxygen atoms in total. The summed E-state index contributed by atoms with van der Waals surface area (Å²) in [5, 5.41) is 30.5. The first-order valence-corrected chi connectivity index (χ1v) is 7.89. The average Bonchev–Trinajstić information content (AvgIpc) is 2.76. The average molecular weight is 315 g/mol. The summed E-state index contributed by atoms with van der Waals surface area (Å²) in [6.07, 6.45) is 0.208. The Morgan fingerprint density at radius 2 is 2.19 bits per heavy atom. The van der Waals surface area contributed by atoms with E-state index in [-0.39, 0.29) is 17.2 Å². The summed E-state index contributed by atoms with van der Waals surface area (Å²) in [4.78, 5) is 15.6. The van der Waals surface area contributed by atoms with E-state index >= 15 is 0 Å². The lowest BCUT2D eigenvalue weighted by atomic mass is 10.3. The zero-order valence-electron chi connectivity index (χ0n) is 12.1. The molecule has 0 saturated carbocycles. The molecule has 1 saturated heterocycles. The third kappa shape index (κ3) is 3.91. The van der Waals surface area contributed by atoms with E-state index in [0.717, 1.165) is 26.1 Å². The van der Waals surface area contributed by atoms with Crippen LogP contribution >= 0.6 is 11.3 Å². The predicted octanol–water partition coefficient (Wildman–Crippen LogP) is 1.21. The van der Waals surface area contributed by atoms with E-state index < -0.39 is 6.10 Å². The topological polar surface area (TPSA) is 90.1 Å². The zero-order valence-corrected chi connectivity index (χ0v) is 12.9. The summed E-state index contributed by atoms with van der Waals surface area (Å²) >= 11 is 1.29. The van der Waals surface area contributed by atoms with Crippen LogP contribution in [-0.4, -0.2) is 59.4 Å². The number of nitro groups is 1. The maximum absolute atomic E-state index is 11.2. The first kappa shape index (κ1) is 16.2. The number of hydrogen-bond acceptors (Lipinski definition) is 7. The van der Waals surface area contributed by atoms with Crippen LogP contribution in [0.15, 0.2) is 6.07 Å². The van der Waals surface area contributed by atoms with Gasteiger partial charge in [0.1, 0.15) is 0 Å². The molecule has 0 amide bonds. The SMILES string of the molecule is C[C@H](O)c1cc([N+](=O)[O-])c(N2CCCN(CCO)CC2)s1. The van der Waals surface area contributed by atoms with Gasteiger partial charge in [-0.15, -0.1) is 11.3 Å². The highest BCUT2D eigenvalue weighted by atomic mass is 32.1. The van der Waals surface area contributed by atoms with Gasteiger partial charge in [0, 0.05) is 37.1 Å². The van der Waals surface area contributed by atoms with Crippen molar-refractivity contribution in [3.05, 3.63) is 21.1 Å². The van der Waals surface area contributed by atoms with Crippen LogP contribution in [0.25, 0.3) is 0 Å². The van der Waals surface area contributed by atoms with Crippen LogP contribution in [0.2, 0.25) is 0 Å². The van der Waals surface area contributed by atoms with Gasteiger partial charge in [-0.25, -0.2) is 0 Å². The number of aliphatic hydroxyl groups excluding tert-OH is 2. The van der Waals surface area contributed by atoms with Gasteiger partial charge < -0.3 is 15.1 Å². The van der Waals surface area contributed by atoms with Crippen LogP contribution in [-0.2, 0) is 0 Å². The second-order valence-corrected chi connectivity index (χ2v) is 6.24. The first-order chi connectivity index (χ1) is 10.0. The van der Waals surface area contributed by atoms with Gasteiger partial charge in [-0.2, -0.15) is 0 Å². The molecular formula is C13H21N3O4S. The molecule has 1 fully saturated rings. The quantitative estimate of drug-likeness (QED) is 0.627. The van der Waals surface area contributed by atoms with Crippen LogP contribution in [0, 0.1) is 10.1 Å². The van der Waals surface area contributed by atoms with Gasteiger partial charge in [0.2, 0.25) is 0 Å². The van der Waals surface area contributed by atoms with Gasteiger partial charge in [-0.05, 0) is 19.9 Å². The fraction of sp³-hybridized carbons (Fsp3) is 0.692. The molecule has 2 heterocycles. The van der Waals surface area contributed by atoms with Crippen molar-refractivity contribution in [2.75, 3.05) is 44.2 Å². The molecule has 21 heavy (non-hydrogen) atoms. The molecule has 0 unspecified atom stereocenters. The number of rotatable bonds is 5. The maximum atomic E-state index is 11.2. The number of aliphatic hydroxyl groups is 2. The summed E-state index contributed by atoms with van der Waals surface area (Å²) in [5.41, 5.74) is 0.0755. The maximum Gasteiger partial charge on any atom is 0.304 e. The van der Waals surface area contributed by atoms with Crippen LogP contribution < -0.4 is 4.90 Å². The second kappa shape index (κ2) is 7.17. The molecule has 1 aliphatic rings. The Kier molecular flexibility index (Phi) is 5.51. The normalized spacial score (nSPS) is 18.5. The number of thiophene rings is 1. The summed E-state index contributed by atoms with van der Waals surface area (Å²) in [6.45, 7) is 5.50.